The first-order valence-corrected chi connectivity index (χ1v) is 7.17. The number of fused-ring (bicyclic) bond motifs is 1. The zero-order chi connectivity index (χ0) is 14.8. The SMILES string of the molecule is Cn1cc(Sc2ccc(/C(N)=N/O)c3ccccc23)cn1. The molecule has 0 bridgehead atoms. The third-order valence-corrected chi connectivity index (χ3v) is 4.20. The Morgan fingerprint density at radius 3 is 2.67 bits per heavy atom. The van der Waals surface area contributed by atoms with E-state index in [1.54, 1.807) is 16.4 Å². The number of aryl methyl sites for hydroxylation is 1. The molecule has 1 heterocycles. The lowest BCUT2D eigenvalue weighted by Crippen LogP contribution is -2.13. The molecule has 0 saturated carbocycles. The fraction of sp³-hybridized carbons (Fsp3) is 0.0667. The van der Waals surface area contributed by atoms with Crippen molar-refractivity contribution < 1.29 is 5.21 Å². The summed E-state index contributed by atoms with van der Waals surface area (Å²) in [6, 6.07) is 11.8. The number of amidine groups is 1. The standard InChI is InChI=1S/C15H14N4OS/c1-19-9-10(8-17-19)21-14-7-6-13(15(16)18-20)11-4-2-3-5-12(11)14/h2-9,20H,1H3,(H2,16,18). The summed E-state index contributed by atoms with van der Waals surface area (Å²) in [6.45, 7) is 0. The number of aromatic nitrogens is 2. The van der Waals surface area contributed by atoms with E-state index in [0.29, 0.717) is 0 Å². The van der Waals surface area contributed by atoms with Crippen LogP contribution in [-0.4, -0.2) is 20.8 Å². The summed E-state index contributed by atoms with van der Waals surface area (Å²) in [6.07, 6.45) is 3.80. The normalized spacial score (nSPS) is 12.0. The molecular weight excluding hydrogens is 284 g/mol. The predicted molar refractivity (Wildman–Crippen MR) is 83.8 cm³/mol. The van der Waals surface area contributed by atoms with E-state index in [4.69, 9.17) is 10.9 Å². The fourth-order valence-electron chi connectivity index (χ4n) is 2.22. The second kappa shape index (κ2) is 5.49. The molecule has 0 aliphatic carbocycles. The first-order chi connectivity index (χ1) is 10.2. The molecule has 106 valence electrons. The van der Waals surface area contributed by atoms with Crippen molar-refractivity contribution in [1.29, 1.82) is 0 Å². The van der Waals surface area contributed by atoms with E-state index >= 15 is 0 Å². The summed E-state index contributed by atoms with van der Waals surface area (Å²) in [5, 5.41) is 18.2. The van der Waals surface area contributed by atoms with Crippen molar-refractivity contribution in [1.82, 2.24) is 9.78 Å². The van der Waals surface area contributed by atoms with E-state index in [0.717, 1.165) is 26.1 Å². The third kappa shape index (κ3) is 2.57. The molecule has 0 amide bonds. The van der Waals surface area contributed by atoms with E-state index in [1.807, 2.05) is 55.8 Å². The van der Waals surface area contributed by atoms with Gasteiger partial charge >= 0.3 is 0 Å². The van der Waals surface area contributed by atoms with Gasteiger partial charge in [-0.25, -0.2) is 0 Å². The van der Waals surface area contributed by atoms with E-state index in [2.05, 4.69) is 10.3 Å². The molecule has 3 rings (SSSR count). The van der Waals surface area contributed by atoms with Crippen molar-refractivity contribution in [3.8, 4) is 0 Å². The molecule has 6 heteroatoms. The van der Waals surface area contributed by atoms with Gasteiger partial charge < -0.3 is 10.9 Å². The van der Waals surface area contributed by atoms with Crippen molar-refractivity contribution in [2.75, 3.05) is 0 Å². The van der Waals surface area contributed by atoms with Crippen LogP contribution in [0, 0.1) is 0 Å². The van der Waals surface area contributed by atoms with Gasteiger partial charge in [0.15, 0.2) is 5.84 Å². The molecule has 21 heavy (non-hydrogen) atoms. The molecule has 1 aromatic heterocycles. The highest BCUT2D eigenvalue weighted by molar-refractivity contribution is 7.99. The maximum absolute atomic E-state index is 8.90. The van der Waals surface area contributed by atoms with Crippen LogP contribution in [0.3, 0.4) is 0 Å². The Hall–Kier alpha value is -2.47. The monoisotopic (exact) mass is 298 g/mol. The largest absolute Gasteiger partial charge is 0.409 e. The fourth-order valence-corrected chi connectivity index (χ4v) is 3.20. The van der Waals surface area contributed by atoms with Crippen molar-refractivity contribution in [2.24, 2.45) is 17.9 Å². The summed E-state index contributed by atoms with van der Waals surface area (Å²) in [4.78, 5) is 2.17. The Balaban J connectivity index is 2.13. The molecule has 3 N–H and O–H groups in total. The van der Waals surface area contributed by atoms with Gasteiger partial charge in [0.05, 0.1) is 11.1 Å². The van der Waals surface area contributed by atoms with Crippen molar-refractivity contribution in [3.05, 3.63) is 54.4 Å². The van der Waals surface area contributed by atoms with Gasteiger partial charge in [-0.05, 0) is 22.9 Å². The van der Waals surface area contributed by atoms with Gasteiger partial charge in [-0.3, -0.25) is 4.68 Å². The minimum absolute atomic E-state index is 0.115. The first kappa shape index (κ1) is 13.5. The summed E-state index contributed by atoms with van der Waals surface area (Å²) in [5.41, 5.74) is 6.47. The smallest absolute Gasteiger partial charge is 0.170 e. The van der Waals surface area contributed by atoms with Crippen LogP contribution in [0.15, 0.2) is 63.7 Å². The average molecular weight is 298 g/mol. The maximum Gasteiger partial charge on any atom is 0.170 e. The Morgan fingerprint density at radius 2 is 2.00 bits per heavy atom. The Labute approximate surface area is 126 Å². The lowest BCUT2D eigenvalue weighted by atomic mass is 10.0. The second-order valence-corrected chi connectivity index (χ2v) is 5.71. The van der Waals surface area contributed by atoms with Crippen LogP contribution in [0.4, 0.5) is 0 Å². The van der Waals surface area contributed by atoms with Gasteiger partial charge in [-0.1, -0.05) is 41.2 Å². The van der Waals surface area contributed by atoms with Crippen LogP contribution in [0.25, 0.3) is 10.8 Å². The molecule has 5 nitrogen and oxygen atoms in total. The second-order valence-electron chi connectivity index (χ2n) is 4.59. The highest BCUT2D eigenvalue weighted by atomic mass is 32.2. The Morgan fingerprint density at radius 1 is 1.24 bits per heavy atom. The first-order valence-electron chi connectivity index (χ1n) is 6.35. The predicted octanol–water partition coefficient (Wildman–Crippen LogP) is 2.82. The van der Waals surface area contributed by atoms with Gasteiger partial charge in [-0.15, -0.1) is 0 Å². The summed E-state index contributed by atoms with van der Waals surface area (Å²) < 4.78 is 1.77. The zero-order valence-electron chi connectivity index (χ0n) is 11.4. The molecular formula is C15H14N4OS. The molecule has 0 aliphatic rings. The molecule has 2 aromatic carbocycles. The number of oxime groups is 1. The van der Waals surface area contributed by atoms with Crippen LogP contribution in [-0.2, 0) is 7.05 Å². The van der Waals surface area contributed by atoms with Crippen LogP contribution in [0.2, 0.25) is 0 Å². The third-order valence-electron chi connectivity index (χ3n) is 3.18. The van der Waals surface area contributed by atoms with Crippen LogP contribution in [0.5, 0.6) is 0 Å². The van der Waals surface area contributed by atoms with Gasteiger partial charge in [0, 0.05) is 23.7 Å². The molecule has 0 fully saturated rings. The Kier molecular flexibility index (Phi) is 3.53. The van der Waals surface area contributed by atoms with Crippen LogP contribution >= 0.6 is 11.8 Å². The average Bonchev–Trinajstić information content (AvgIpc) is 2.92. The van der Waals surface area contributed by atoms with Crippen molar-refractivity contribution >= 4 is 28.4 Å². The van der Waals surface area contributed by atoms with E-state index in [1.165, 1.54) is 0 Å². The molecule has 0 spiro atoms. The minimum atomic E-state index is 0.115. The number of nitrogens with zero attached hydrogens (tertiary/aromatic N) is 3. The summed E-state index contributed by atoms with van der Waals surface area (Å²) in [7, 11) is 1.89. The lowest BCUT2D eigenvalue weighted by molar-refractivity contribution is 0.318. The van der Waals surface area contributed by atoms with Crippen LogP contribution in [0.1, 0.15) is 5.56 Å². The van der Waals surface area contributed by atoms with Gasteiger partial charge in [-0.2, -0.15) is 5.10 Å². The lowest BCUT2D eigenvalue weighted by Gasteiger charge is -2.09. The number of hydrogen-bond donors (Lipinski definition) is 2. The topological polar surface area (TPSA) is 76.4 Å². The number of nitrogens with two attached hydrogens (primary N) is 1. The van der Waals surface area contributed by atoms with E-state index in [-0.39, 0.29) is 5.84 Å². The molecule has 0 saturated heterocycles. The minimum Gasteiger partial charge on any atom is -0.409 e. The highest BCUT2D eigenvalue weighted by Crippen LogP contribution is 2.34. The number of rotatable bonds is 3. The summed E-state index contributed by atoms with van der Waals surface area (Å²) >= 11 is 1.64. The van der Waals surface area contributed by atoms with Gasteiger partial charge in [0.25, 0.3) is 0 Å². The molecule has 3 aromatic rings. The van der Waals surface area contributed by atoms with E-state index in [9.17, 15) is 0 Å². The summed E-state index contributed by atoms with van der Waals surface area (Å²) in [5.74, 6) is 0.115. The molecule has 0 aliphatic heterocycles. The number of benzene rings is 2. The molecule has 0 unspecified atom stereocenters. The van der Waals surface area contributed by atoms with Gasteiger partial charge in [0.1, 0.15) is 0 Å². The van der Waals surface area contributed by atoms with Crippen molar-refractivity contribution in [2.45, 2.75) is 9.79 Å². The molecule has 0 radical (unpaired) electrons. The maximum atomic E-state index is 8.90. The zero-order valence-corrected chi connectivity index (χ0v) is 12.2. The van der Waals surface area contributed by atoms with Crippen molar-refractivity contribution in [3.63, 3.8) is 0 Å². The Bertz CT molecular complexity index is 825. The number of hydrogen-bond acceptors (Lipinski definition) is 4. The van der Waals surface area contributed by atoms with E-state index < -0.39 is 0 Å². The van der Waals surface area contributed by atoms with Gasteiger partial charge in [0.2, 0.25) is 0 Å². The van der Waals surface area contributed by atoms with Crippen LogP contribution < -0.4 is 5.73 Å². The quantitative estimate of drug-likeness (QED) is 0.337. The molecule has 0 atom stereocenters. The highest BCUT2D eigenvalue weighted by Gasteiger charge is 2.10.